The van der Waals surface area contributed by atoms with Crippen LogP contribution in [0.2, 0.25) is 0 Å². The van der Waals surface area contributed by atoms with Crippen molar-refractivity contribution in [3.8, 4) is 5.75 Å². The topological polar surface area (TPSA) is 81.4 Å². The van der Waals surface area contributed by atoms with E-state index in [4.69, 9.17) is 10.5 Å². The fraction of sp³-hybridized carbons (Fsp3) is 0.231. The van der Waals surface area contributed by atoms with Crippen molar-refractivity contribution in [2.24, 2.45) is 5.73 Å². The average Bonchev–Trinajstić information content (AvgIpc) is 2.81. The number of aryl methyl sites for hydroxylation is 1. The van der Waals surface area contributed by atoms with Crippen LogP contribution in [0.25, 0.3) is 0 Å². The van der Waals surface area contributed by atoms with Crippen LogP contribution in [0.5, 0.6) is 5.75 Å². The van der Waals surface area contributed by atoms with Crippen molar-refractivity contribution in [2.45, 2.75) is 17.7 Å². The Labute approximate surface area is 122 Å². The van der Waals surface area contributed by atoms with Crippen LogP contribution in [0.15, 0.2) is 34.5 Å². The second-order valence-electron chi connectivity index (χ2n) is 4.21. The first-order valence-electron chi connectivity index (χ1n) is 5.92. The minimum Gasteiger partial charge on any atom is -0.497 e. The van der Waals surface area contributed by atoms with Crippen molar-refractivity contribution in [1.82, 2.24) is 0 Å². The molecule has 1 aromatic heterocycles. The molecule has 0 aliphatic rings. The molecule has 108 valence electrons. The summed E-state index contributed by atoms with van der Waals surface area (Å²) in [5.41, 5.74) is 6.96. The lowest BCUT2D eigenvalue weighted by atomic mass is 10.3. The molecule has 0 atom stereocenters. The molecule has 1 heterocycles. The Kier molecular flexibility index (Phi) is 4.32. The van der Waals surface area contributed by atoms with E-state index in [9.17, 15) is 8.42 Å². The highest BCUT2D eigenvalue weighted by Gasteiger charge is 2.18. The largest absolute Gasteiger partial charge is 0.497 e. The Morgan fingerprint density at radius 3 is 2.45 bits per heavy atom. The first-order valence-corrected chi connectivity index (χ1v) is 8.22. The van der Waals surface area contributed by atoms with E-state index >= 15 is 0 Å². The molecule has 0 aliphatic carbocycles. The minimum absolute atomic E-state index is 0.270. The number of sulfonamides is 1. The van der Waals surface area contributed by atoms with Gasteiger partial charge < -0.3 is 10.5 Å². The molecule has 0 radical (unpaired) electrons. The molecule has 3 N–H and O–H groups in total. The lowest BCUT2D eigenvalue weighted by molar-refractivity contribution is 0.415. The maximum Gasteiger partial charge on any atom is 0.271 e. The Morgan fingerprint density at radius 2 is 1.95 bits per heavy atom. The Hall–Kier alpha value is -1.57. The number of hydrogen-bond acceptors (Lipinski definition) is 5. The van der Waals surface area contributed by atoms with Crippen LogP contribution >= 0.6 is 11.3 Å². The predicted octanol–water partition coefficient (Wildman–Crippen LogP) is 2.32. The molecular weight excluding hydrogens is 296 g/mol. The van der Waals surface area contributed by atoms with E-state index in [1.165, 1.54) is 11.3 Å². The first kappa shape index (κ1) is 14.8. The molecule has 0 saturated heterocycles. The number of benzene rings is 1. The standard InChI is InChI=1S/C13H16N2O3S2/c1-9-7-13(19-12(9)8-14)20(16,17)15-10-3-5-11(18-2)6-4-10/h3-7,15H,8,14H2,1-2H3. The quantitative estimate of drug-likeness (QED) is 0.888. The molecule has 0 bridgehead atoms. The van der Waals surface area contributed by atoms with Crippen molar-refractivity contribution in [3.05, 3.63) is 40.8 Å². The van der Waals surface area contributed by atoms with Gasteiger partial charge in [-0.3, -0.25) is 4.72 Å². The number of ether oxygens (including phenoxy) is 1. The van der Waals surface area contributed by atoms with Crippen LogP contribution in [0.4, 0.5) is 5.69 Å². The Morgan fingerprint density at radius 1 is 1.30 bits per heavy atom. The fourth-order valence-corrected chi connectivity index (χ4v) is 4.21. The zero-order valence-electron chi connectivity index (χ0n) is 11.2. The van der Waals surface area contributed by atoms with Gasteiger partial charge in [-0.1, -0.05) is 0 Å². The van der Waals surface area contributed by atoms with Gasteiger partial charge >= 0.3 is 0 Å². The van der Waals surface area contributed by atoms with E-state index in [1.807, 2.05) is 6.92 Å². The molecule has 0 spiro atoms. The maximum absolute atomic E-state index is 12.3. The number of anilines is 1. The zero-order chi connectivity index (χ0) is 14.8. The van der Waals surface area contributed by atoms with Gasteiger partial charge in [0.25, 0.3) is 10.0 Å². The van der Waals surface area contributed by atoms with Crippen LogP contribution < -0.4 is 15.2 Å². The normalized spacial score (nSPS) is 11.3. The number of thiophene rings is 1. The van der Waals surface area contributed by atoms with Crippen molar-refractivity contribution in [3.63, 3.8) is 0 Å². The molecule has 1 aromatic carbocycles. The number of hydrogen-bond donors (Lipinski definition) is 2. The second kappa shape index (κ2) is 5.82. The third-order valence-electron chi connectivity index (χ3n) is 2.79. The lowest BCUT2D eigenvalue weighted by Crippen LogP contribution is -2.11. The molecule has 5 nitrogen and oxygen atoms in total. The van der Waals surface area contributed by atoms with Crippen LogP contribution in [0, 0.1) is 6.92 Å². The van der Waals surface area contributed by atoms with Crippen LogP contribution in [0.1, 0.15) is 10.4 Å². The average molecular weight is 312 g/mol. The Balaban J connectivity index is 2.25. The summed E-state index contributed by atoms with van der Waals surface area (Å²) in [6.07, 6.45) is 0. The molecule has 0 aliphatic heterocycles. The van der Waals surface area contributed by atoms with E-state index in [2.05, 4.69) is 4.72 Å². The molecule has 20 heavy (non-hydrogen) atoms. The van der Waals surface area contributed by atoms with E-state index in [0.717, 1.165) is 10.4 Å². The summed E-state index contributed by atoms with van der Waals surface area (Å²) < 4.78 is 32.4. The van der Waals surface area contributed by atoms with E-state index in [0.29, 0.717) is 18.0 Å². The molecule has 2 aromatic rings. The van der Waals surface area contributed by atoms with Gasteiger partial charge in [0.2, 0.25) is 0 Å². The molecule has 0 amide bonds. The van der Waals surface area contributed by atoms with Crippen LogP contribution in [0.3, 0.4) is 0 Å². The second-order valence-corrected chi connectivity index (χ2v) is 7.26. The van der Waals surface area contributed by atoms with Crippen molar-refractivity contribution in [1.29, 1.82) is 0 Å². The summed E-state index contributed by atoms with van der Waals surface area (Å²) in [7, 11) is -2.02. The summed E-state index contributed by atoms with van der Waals surface area (Å²) in [6.45, 7) is 2.19. The Bertz CT molecular complexity index is 691. The molecule has 0 unspecified atom stereocenters. The van der Waals surface area contributed by atoms with Gasteiger partial charge in [-0.2, -0.15) is 0 Å². The summed E-state index contributed by atoms with van der Waals surface area (Å²) >= 11 is 1.19. The third kappa shape index (κ3) is 3.12. The van der Waals surface area contributed by atoms with E-state index < -0.39 is 10.0 Å². The molecule has 0 saturated carbocycles. The summed E-state index contributed by atoms with van der Waals surface area (Å²) in [5, 5.41) is 0. The first-order chi connectivity index (χ1) is 9.46. The molecule has 2 rings (SSSR count). The van der Waals surface area contributed by atoms with Gasteiger partial charge in [-0.25, -0.2) is 8.42 Å². The van der Waals surface area contributed by atoms with Gasteiger partial charge in [0.15, 0.2) is 0 Å². The van der Waals surface area contributed by atoms with Gasteiger partial charge in [-0.05, 0) is 42.8 Å². The highest BCUT2D eigenvalue weighted by molar-refractivity contribution is 7.94. The van der Waals surface area contributed by atoms with Crippen molar-refractivity contribution >= 4 is 27.0 Å². The highest BCUT2D eigenvalue weighted by Crippen LogP contribution is 2.27. The molecule has 0 fully saturated rings. The van der Waals surface area contributed by atoms with E-state index in [1.54, 1.807) is 37.4 Å². The number of nitrogens with one attached hydrogen (secondary N) is 1. The van der Waals surface area contributed by atoms with Crippen LogP contribution in [-0.2, 0) is 16.6 Å². The summed E-state index contributed by atoms with van der Waals surface area (Å²) in [4.78, 5) is 0.875. The van der Waals surface area contributed by atoms with Crippen LogP contribution in [-0.4, -0.2) is 15.5 Å². The predicted molar refractivity (Wildman–Crippen MR) is 80.7 cm³/mol. The van der Waals surface area contributed by atoms with E-state index in [-0.39, 0.29) is 4.21 Å². The molecular formula is C13H16N2O3S2. The van der Waals surface area contributed by atoms with Crippen molar-refractivity contribution < 1.29 is 13.2 Å². The third-order valence-corrected chi connectivity index (χ3v) is 5.90. The van der Waals surface area contributed by atoms with Crippen molar-refractivity contribution in [2.75, 3.05) is 11.8 Å². The number of nitrogens with two attached hydrogens (primary N) is 1. The number of methoxy groups -OCH3 is 1. The highest BCUT2D eigenvalue weighted by atomic mass is 32.2. The zero-order valence-corrected chi connectivity index (χ0v) is 12.8. The van der Waals surface area contributed by atoms with Gasteiger partial charge in [0, 0.05) is 17.1 Å². The van der Waals surface area contributed by atoms with Gasteiger partial charge in [-0.15, -0.1) is 11.3 Å². The smallest absolute Gasteiger partial charge is 0.271 e. The maximum atomic E-state index is 12.3. The van der Waals surface area contributed by atoms with Gasteiger partial charge in [0.1, 0.15) is 9.96 Å². The summed E-state index contributed by atoms with van der Waals surface area (Å²) in [6, 6.07) is 8.34. The van der Waals surface area contributed by atoms with Gasteiger partial charge in [0.05, 0.1) is 7.11 Å². The monoisotopic (exact) mass is 312 g/mol. The summed E-state index contributed by atoms with van der Waals surface area (Å²) in [5.74, 6) is 0.672. The number of rotatable bonds is 5. The lowest BCUT2D eigenvalue weighted by Gasteiger charge is -2.07. The molecule has 7 heteroatoms. The fourth-order valence-electron chi connectivity index (χ4n) is 1.69. The SMILES string of the molecule is COc1ccc(NS(=O)(=O)c2cc(C)c(CN)s2)cc1. The minimum atomic E-state index is -3.57.